The minimum Gasteiger partial charge on any atom is -0.329 e. The van der Waals surface area contributed by atoms with E-state index in [1.807, 2.05) is 0 Å². The van der Waals surface area contributed by atoms with Gasteiger partial charge in [0.25, 0.3) is 0 Å². The van der Waals surface area contributed by atoms with E-state index >= 15 is 0 Å². The fraction of sp³-hybridized carbons (Fsp3) is 1.00. The van der Waals surface area contributed by atoms with Gasteiger partial charge in [-0.25, -0.2) is 0 Å². The first-order valence-corrected chi connectivity index (χ1v) is 7.86. The Labute approximate surface area is 112 Å². The van der Waals surface area contributed by atoms with Crippen molar-refractivity contribution < 1.29 is 0 Å². The Morgan fingerprint density at radius 3 is 2.39 bits per heavy atom. The first-order valence-electron chi connectivity index (χ1n) is 7.86. The van der Waals surface area contributed by atoms with Gasteiger partial charge in [-0.3, -0.25) is 4.90 Å². The van der Waals surface area contributed by atoms with E-state index in [1.54, 1.807) is 0 Å². The van der Waals surface area contributed by atoms with Crippen molar-refractivity contribution in [2.75, 3.05) is 32.7 Å². The molecule has 0 saturated carbocycles. The van der Waals surface area contributed by atoms with Crippen LogP contribution < -0.4 is 5.73 Å². The lowest BCUT2D eigenvalue weighted by Crippen LogP contribution is -2.72. The second kappa shape index (κ2) is 4.77. The Bertz CT molecular complexity index is 298. The number of nitrogens with zero attached hydrogens (tertiary/aromatic N) is 2. The summed E-state index contributed by atoms with van der Waals surface area (Å²) < 4.78 is 0. The molecule has 4 aliphatic heterocycles. The third-order valence-electron chi connectivity index (χ3n) is 6.14. The van der Waals surface area contributed by atoms with Crippen molar-refractivity contribution in [3.63, 3.8) is 0 Å². The molecule has 0 aromatic heterocycles. The lowest BCUT2D eigenvalue weighted by Gasteiger charge is -2.61. The monoisotopic (exact) mass is 251 g/mol. The topological polar surface area (TPSA) is 32.5 Å². The summed E-state index contributed by atoms with van der Waals surface area (Å²) in [5.41, 5.74) is 6.59. The normalized spacial score (nSPS) is 49.5. The molecule has 0 radical (unpaired) electrons. The van der Waals surface area contributed by atoms with Gasteiger partial charge in [-0.05, 0) is 64.1 Å². The molecule has 4 heterocycles. The minimum absolute atomic E-state index is 0.296. The van der Waals surface area contributed by atoms with Gasteiger partial charge in [0.05, 0.1) is 0 Å². The molecule has 0 aromatic carbocycles. The second-order valence-electron chi connectivity index (χ2n) is 6.91. The first kappa shape index (κ1) is 12.9. The molecule has 0 aliphatic carbocycles. The molecule has 0 amide bonds. The van der Waals surface area contributed by atoms with Crippen LogP contribution in [0.3, 0.4) is 0 Å². The summed E-state index contributed by atoms with van der Waals surface area (Å²) in [5.74, 6) is 1.68. The van der Waals surface area contributed by atoms with Crippen LogP contribution in [0.5, 0.6) is 0 Å². The van der Waals surface area contributed by atoms with E-state index in [-0.39, 0.29) is 0 Å². The molecule has 104 valence electrons. The molecular weight excluding hydrogens is 222 g/mol. The highest BCUT2D eigenvalue weighted by molar-refractivity contribution is 5.08. The standard InChI is InChI=1S/C15H29N3/c1-12-4-3-7-18(13(12)2)15(10-16)11-17-8-5-14(15)6-9-17/h12-14H,3-11,16H2,1-2H3. The van der Waals surface area contributed by atoms with Crippen molar-refractivity contribution in [3.05, 3.63) is 0 Å². The Hall–Kier alpha value is -0.120. The van der Waals surface area contributed by atoms with Crippen LogP contribution in [0.1, 0.15) is 39.5 Å². The minimum atomic E-state index is 0.296. The van der Waals surface area contributed by atoms with Crippen LogP contribution in [0, 0.1) is 11.8 Å². The zero-order valence-corrected chi connectivity index (χ0v) is 12.1. The number of rotatable bonds is 2. The third-order valence-corrected chi connectivity index (χ3v) is 6.14. The molecule has 0 spiro atoms. The molecule has 2 bridgehead atoms. The molecule has 18 heavy (non-hydrogen) atoms. The van der Waals surface area contributed by atoms with E-state index in [9.17, 15) is 0 Å². The summed E-state index contributed by atoms with van der Waals surface area (Å²) in [5, 5.41) is 0. The van der Waals surface area contributed by atoms with E-state index in [1.165, 1.54) is 51.9 Å². The molecule has 3 atom stereocenters. The van der Waals surface area contributed by atoms with Crippen LogP contribution in [0.2, 0.25) is 0 Å². The number of piperidine rings is 4. The fourth-order valence-corrected chi connectivity index (χ4v) is 4.78. The number of hydrogen-bond acceptors (Lipinski definition) is 3. The Morgan fingerprint density at radius 2 is 1.83 bits per heavy atom. The van der Waals surface area contributed by atoms with E-state index in [4.69, 9.17) is 5.73 Å². The molecule has 4 fully saturated rings. The largest absolute Gasteiger partial charge is 0.329 e. The van der Waals surface area contributed by atoms with Gasteiger partial charge in [0, 0.05) is 24.7 Å². The number of fused-ring (bicyclic) bond motifs is 3. The highest BCUT2D eigenvalue weighted by Gasteiger charge is 2.51. The van der Waals surface area contributed by atoms with E-state index in [0.717, 1.165) is 18.4 Å². The molecule has 3 unspecified atom stereocenters. The van der Waals surface area contributed by atoms with Gasteiger partial charge in [-0.2, -0.15) is 0 Å². The van der Waals surface area contributed by atoms with Gasteiger partial charge in [0.2, 0.25) is 0 Å². The van der Waals surface area contributed by atoms with Crippen LogP contribution in [-0.2, 0) is 0 Å². The summed E-state index contributed by atoms with van der Waals surface area (Å²) in [7, 11) is 0. The number of likely N-dealkylation sites (tertiary alicyclic amines) is 1. The lowest BCUT2D eigenvalue weighted by atomic mass is 9.69. The predicted molar refractivity (Wildman–Crippen MR) is 75.5 cm³/mol. The maximum absolute atomic E-state index is 6.29. The van der Waals surface area contributed by atoms with Crippen molar-refractivity contribution in [2.45, 2.75) is 51.1 Å². The van der Waals surface area contributed by atoms with E-state index in [0.29, 0.717) is 11.6 Å². The Kier molecular flexibility index (Phi) is 3.41. The average molecular weight is 251 g/mol. The van der Waals surface area contributed by atoms with E-state index in [2.05, 4.69) is 23.6 Å². The summed E-state index contributed by atoms with van der Waals surface area (Å²) in [6, 6.07) is 0.711. The highest BCUT2D eigenvalue weighted by Crippen LogP contribution is 2.42. The second-order valence-corrected chi connectivity index (χ2v) is 6.91. The van der Waals surface area contributed by atoms with Crippen molar-refractivity contribution in [3.8, 4) is 0 Å². The maximum Gasteiger partial charge on any atom is 0.0490 e. The molecule has 4 rings (SSSR count). The van der Waals surface area contributed by atoms with Crippen LogP contribution in [0.25, 0.3) is 0 Å². The average Bonchev–Trinajstić information content (AvgIpc) is 2.43. The number of hydrogen-bond donors (Lipinski definition) is 1. The molecule has 4 aliphatic rings. The molecular formula is C15H29N3. The Balaban J connectivity index is 1.86. The highest BCUT2D eigenvalue weighted by atomic mass is 15.3. The third kappa shape index (κ3) is 1.83. The van der Waals surface area contributed by atoms with E-state index < -0.39 is 0 Å². The van der Waals surface area contributed by atoms with Gasteiger partial charge in [-0.1, -0.05) is 6.92 Å². The smallest absolute Gasteiger partial charge is 0.0490 e. The van der Waals surface area contributed by atoms with Gasteiger partial charge >= 0.3 is 0 Å². The Morgan fingerprint density at radius 1 is 1.11 bits per heavy atom. The molecule has 4 saturated heterocycles. The number of nitrogens with two attached hydrogens (primary N) is 1. The van der Waals surface area contributed by atoms with Gasteiger partial charge in [0.1, 0.15) is 0 Å². The quantitative estimate of drug-likeness (QED) is 0.808. The van der Waals surface area contributed by atoms with Crippen molar-refractivity contribution in [2.24, 2.45) is 17.6 Å². The van der Waals surface area contributed by atoms with Crippen LogP contribution in [0.15, 0.2) is 0 Å². The summed E-state index contributed by atoms with van der Waals surface area (Å²) in [6.07, 6.45) is 5.50. The van der Waals surface area contributed by atoms with Crippen molar-refractivity contribution in [1.82, 2.24) is 9.80 Å². The SMILES string of the molecule is CC1CCCN(C2(CN)CN3CCC2CC3)C1C. The predicted octanol–water partition coefficient (Wildman–Crippen LogP) is 1.53. The van der Waals surface area contributed by atoms with Gasteiger partial charge in [0.15, 0.2) is 0 Å². The van der Waals surface area contributed by atoms with Gasteiger partial charge in [-0.15, -0.1) is 0 Å². The maximum atomic E-state index is 6.29. The molecule has 3 nitrogen and oxygen atoms in total. The molecule has 0 aromatic rings. The van der Waals surface area contributed by atoms with Crippen molar-refractivity contribution in [1.29, 1.82) is 0 Å². The molecule has 2 N–H and O–H groups in total. The first-order chi connectivity index (χ1) is 8.67. The van der Waals surface area contributed by atoms with Crippen LogP contribution >= 0.6 is 0 Å². The van der Waals surface area contributed by atoms with Gasteiger partial charge < -0.3 is 10.6 Å². The van der Waals surface area contributed by atoms with Crippen molar-refractivity contribution >= 4 is 0 Å². The van der Waals surface area contributed by atoms with Crippen LogP contribution in [-0.4, -0.2) is 54.1 Å². The zero-order chi connectivity index (χ0) is 12.8. The lowest BCUT2D eigenvalue weighted by molar-refractivity contribution is -0.101. The summed E-state index contributed by atoms with van der Waals surface area (Å²) in [6.45, 7) is 10.8. The summed E-state index contributed by atoms with van der Waals surface area (Å²) in [4.78, 5) is 5.45. The fourth-order valence-electron chi connectivity index (χ4n) is 4.78. The summed E-state index contributed by atoms with van der Waals surface area (Å²) >= 11 is 0. The van der Waals surface area contributed by atoms with Crippen LogP contribution in [0.4, 0.5) is 0 Å². The molecule has 3 heteroatoms. The zero-order valence-electron chi connectivity index (χ0n) is 12.1.